The van der Waals surface area contributed by atoms with Crippen LogP contribution in [-0.4, -0.2) is 18.5 Å². The van der Waals surface area contributed by atoms with Crippen molar-refractivity contribution in [2.45, 2.75) is 32.0 Å². The van der Waals surface area contributed by atoms with Gasteiger partial charge in [0.1, 0.15) is 12.4 Å². The van der Waals surface area contributed by atoms with Gasteiger partial charge in [-0.2, -0.15) is 0 Å². The maximum Gasteiger partial charge on any atom is 0.142 e. The number of hydrogen-bond donors (Lipinski definition) is 0. The number of carbonyl (C=O) groups is 1. The molecule has 0 aromatic heterocycles. The van der Waals surface area contributed by atoms with Crippen molar-refractivity contribution in [3.05, 3.63) is 12.2 Å². The Kier molecular flexibility index (Phi) is 2.63. The second kappa shape index (κ2) is 3.52. The van der Waals surface area contributed by atoms with Crippen LogP contribution in [0.3, 0.4) is 0 Å². The van der Waals surface area contributed by atoms with Gasteiger partial charge in [0.2, 0.25) is 0 Å². The zero-order valence-electron chi connectivity index (χ0n) is 6.12. The molecule has 2 heteroatoms. The molecule has 2 nitrogen and oxygen atoms in total. The number of carbonyl (C=O) groups excluding carboxylic acids is 1. The predicted molar refractivity (Wildman–Crippen MR) is 38.8 cm³/mol. The van der Waals surface area contributed by atoms with E-state index in [1.807, 2.05) is 6.08 Å². The largest absolute Gasteiger partial charge is 0.365 e. The third kappa shape index (κ3) is 1.95. The summed E-state index contributed by atoms with van der Waals surface area (Å²) < 4.78 is 5.21. The van der Waals surface area contributed by atoms with Gasteiger partial charge in [0.25, 0.3) is 0 Å². The van der Waals surface area contributed by atoms with Crippen LogP contribution in [0.2, 0.25) is 0 Å². The highest BCUT2D eigenvalue weighted by molar-refractivity contribution is 5.64. The van der Waals surface area contributed by atoms with Gasteiger partial charge in [-0.15, -0.1) is 0 Å². The Balaban J connectivity index is 2.12. The molecule has 0 aromatic rings. The van der Waals surface area contributed by atoms with E-state index in [4.69, 9.17) is 4.74 Å². The minimum Gasteiger partial charge on any atom is -0.365 e. The Morgan fingerprint density at radius 1 is 1.60 bits per heavy atom. The Morgan fingerprint density at radius 2 is 2.40 bits per heavy atom. The van der Waals surface area contributed by atoms with Crippen LogP contribution in [-0.2, 0) is 9.53 Å². The number of aldehydes is 1. The highest BCUT2D eigenvalue weighted by atomic mass is 16.6. The van der Waals surface area contributed by atoms with Gasteiger partial charge in [-0.25, -0.2) is 0 Å². The standard InChI is InChI=1S/C8H12O2/c1-2-4-7-8(10-7)5-3-6-9/h3,5-8H,2,4H2,1H3/b5-3+/t7-,8+/m0/s1. The molecule has 1 aliphatic heterocycles. The third-order valence-corrected chi connectivity index (χ3v) is 1.57. The lowest BCUT2D eigenvalue weighted by Gasteiger charge is -1.82. The van der Waals surface area contributed by atoms with E-state index in [1.165, 1.54) is 6.08 Å². The molecule has 2 atom stereocenters. The molecule has 0 spiro atoms. The molecule has 1 fully saturated rings. The minimum absolute atomic E-state index is 0.227. The molecule has 10 heavy (non-hydrogen) atoms. The molecule has 0 saturated carbocycles. The molecular weight excluding hydrogens is 128 g/mol. The Labute approximate surface area is 60.9 Å². The second-order valence-corrected chi connectivity index (χ2v) is 2.45. The van der Waals surface area contributed by atoms with Gasteiger partial charge in [0.15, 0.2) is 0 Å². The number of allylic oxidation sites excluding steroid dienone is 1. The molecule has 0 unspecified atom stereocenters. The maximum atomic E-state index is 9.86. The van der Waals surface area contributed by atoms with Crippen molar-refractivity contribution in [2.75, 3.05) is 0 Å². The van der Waals surface area contributed by atoms with Crippen molar-refractivity contribution < 1.29 is 9.53 Å². The van der Waals surface area contributed by atoms with Crippen LogP contribution in [0, 0.1) is 0 Å². The molecule has 0 N–H and O–H groups in total. The van der Waals surface area contributed by atoms with Gasteiger partial charge in [-0.1, -0.05) is 19.4 Å². The second-order valence-electron chi connectivity index (χ2n) is 2.45. The van der Waals surface area contributed by atoms with E-state index in [2.05, 4.69) is 6.92 Å². The van der Waals surface area contributed by atoms with Crippen LogP contribution >= 0.6 is 0 Å². The summed E-state index contributed by atoms with van der Waals surface area (Å²) in [5.74, 6) is 0. The molecule has 0 amide bonds. The summed E-state index contributed by atoms with van der Waals surface area (Å²) in [5, 5.41) is 0. The quantitative estimate of drug-likeness (QED) is 0.335. The zero-order chi connectivity index (χ0) is 7.40. The molecule has 1 saturated heterocycles. The van der Waals surface area contributed by atoms with Crippen LogP contribution < -0.4 is 0 Å². The van der Waals surface area contributed by atoms with Gasteiger partial charge < -0.3 is 4.74 Å². The van der Waals surface area contributed by atoms with E-state index < -0.39 is 0 Å². The fraction of sp³-hybridized carbons (Fsp3) is 0.625. The molecule has 56 valence electrons. The van der Waals surface area contributed by atoms with E-state index in [9.17, 15) is 4.79 Å². The first-order valence-electron chi connectivity index (χ1n) is 3.66. The SMILES string of the molecule is CCC[C@@H]1O[C@@H]1/C=C/C=O. The van der Waals surface area contributed by atoms with Crippen LogP contribution in [0.5, 0.6) is 0 Å². The van der Waals surface area contributed by atoms with E-state index in [1.54, 1.807) is 0 Å². The molecule has 0 aromatic carbocycles. The highest BCUT2D eigenvalue weighted by Crippen LogP contribution is 2.27. The normalized spacial score (nSPS) is 30.9. The summed E-state index contributed by atoms with van der Waals surface area (Å²) in [6.07, 6.45) is 6.97. The first-order chi connectivity index (χ1) is 4.88. The summed E-state index contributed by atoms with van der Waals surface area (Å²) in [7, 11) is 0. The van der Waals surface area contributed by atoms with Crippen molar-refractivity contribution in [1.82, 2.24) is 0 Å². The molecule has 1 heterocycles. The van der Waals surface area contributed by atoms with Gasteiger partial charge in [-0.05, 0) is 12.5 Å². The van der Waals surface area contributed by atoms with Crippen LogP contribution in [0.15, 0.2) is 12.2 Å². The van der Waals surface area contributed by atoms with Gasteiger partial charge in [-0.3, -0.25) is 4.79 Å². The first-order valence-corrected chi connectivity index (χ1v) is 3.66. The summed E-state index contributed by atoms with van der Waals surface area (Å²) in [5.41, 5.74) is 0. The van der Waals surface area contributed by atoms with E-state index >= 15 is 0 Å². The maximum absolute atomic E-state index is 9.86. The Bertz CT molecular complexity index is 140. The lowest BCUT2D eigenvalue weighted by molar-refractivity contribution is -0.104. The van der Waals surface area contributed by atoms with Gasteiger partial charge in [0, 0.05) is 0 Å². The topological polar surface area (TPSA) is 29.6 Å². The lowest BCUT2D eigenvalue weighted by atomic mass is 10.2. The van der Waals surface area contributed by atoms with E-state index in [0.717, 1.165) is 19.1 Å². The number of epoxide rings is 1. The van der Waals surface area contributed by atoms with Crippen molar-refractivity contribution >= 4 is 6.29 Å². The van der Waals surface area contributed by atoms with Crippen molar-refractivity contribution in [3.8, 4) is 0 Å². The van der Waals surface area contributed by atoms with Crippen molar-refractivity contribution in [1.29, 1.82) is 0 Å². The van der Waals surface area contributed by atoms with Gasteiger partial charge in [0.05, 0.1) is 6.10 Å². The average molecular weight is 140 g/mol. The summed E-state index contributed by atoms with van der Waals surface area (Å²) >= 11 is 0. The number of rotatable bonds is 4. The third-order valence-electron chi connectivity index (χ3n) is 1.57. The number of hydrogen-bond acceptors (Lipinski definition) is 2. The van der Waals surface area contributed by atoms with Crippen LogP contribution in [0.25, 0.3) is 0 Å². The summed E-state index contributed by atoms with van der Waals surface area (Å²) in [6, 6.07) is 0. The molecular formula is C8H12O2. The first kappa shape index (κ1) is 7.48. The van der Waals surface area contributed by atoms with Crippen molar-refractivity contribution in [2.24, 2.45) is 0 Å². The molecule has 0 aliphatic carbocycles. The monoisotopic (exact) mass is 140 g/mol. The zero-order valence-corrected chi connectivity index (χ0v) is 6.12. The number of ether oxygens (including phenoxy) is 1. The van der Waals surface area contributed by atoms with Crippen LogP contribution in [0.1, 0.15) is 19.8 Å². The molecule has 0 bridgehead atoms. The summed E-state index contributed by atoms with van der Waals surface area (Å²) in [4.78, 5) is 9.86. The average Bonchev–Trinajstić information content (AvgIpc) is 2.65. The Hall–Kier alpha value is -0.630. The highest BCUT2D eigenvalue weighted by Gasteiger charge is 2.34. The smallest absolute Gasteiger partial charge is 0.142 e. The molecule has 0 radical (unpaired) electrons. The van der Waals surface area contributed by atoms with Crippen LogP contribution in [0.4, 0.5) is 0 Å². The fourth-order valence-electron chi connectivity index (χ4n) is 0.997. The fourth-order valence-corrected chi connectivity index (χ4v) is 0.997. The Morgan fingerprint density at radius 3 is 3.00 bits per heavy atom. The molecule has 1 aliphatic rings. The van der Waals surface area contributed by atoms with E-state index in [0.29, 0.717) is 6.10 Å². The molecule has 1 rings (SSSR count). The van der Waals surface area contributed by atoms with Crippen molar-refractivity contribution in [3.63, 3.8) is 0 Å². The summed E-state index contributed by atoms with van der Waals surface area (Å²) in [6.45, 7) is 2.13. The minimum atomic E-state index is 0.227. The predicted octanol–water partition coefficient (Wildman–Crippen LogP) is 1.31. The van der Waals surface area contributed by atoms with Gasteiger partial charge >= 0.3 is 0 Å². The van der Waals surface area contributed by atoms with E-state index in [-0.39, 0.29) is 6.10 Å². The lowest BCUT2D eigenvalue weighted by Crippen LogP contribution is -1.88.